The smallest absolute Gasteiger partial charge is 0.0601 e. The molecule has 1 aromatic rings. The van der Waals surface area contributed by atoms with Crippen LogP contribution < -0.4 is 10.2 Å². The molecule has 4 rings (SSSR count). The standard InChI is InChI=1S/C29H35Cl2N3/c1-32-28-12-5-6-13-29(28)33(2)25-16-18-34(19-17-25)21-22-8-3-4-9-23(15-14-22)26-20-24(30)10-7-11-27(26)31/h3-7,9-14,25,32H,8,15-21H2,1-2H3/b4-3?,22-14+,23-9+. The molecule has 1 aliphatic heterocycles. The van der Waals surface area contributed by atoms with Crippen LogP contribution in [0.1, 0.15) is 32.1 Å². The van der Waals surface area contributed by atoms with Crippen LogP contribution in [-0.2, 0) is 0 Å². The van der Waals surface area contributed by atoms with Gasteiger partial charge in [0.25, 0.3) is 0 Å². The molecule has 0 atom stereocenters. The first kappa shape index (κ1) is 24.9. The predicted molar refractivity (Wildman–Crippen MR) is 149 cm³/mol. The molecule has 1 saturated heterocycles. The first-order valence-corrected chi connectivity index (χ1v) is 13.0. The fourth-order valence-electron chi connectivity index (χ4n) is 5.02. The number of rotatable bonds is 6. The van der Waals surface area contributed by atoms with E-state index in [2.05, 4.69) is 70.7 Å². The molecule has 1 N–H and O–H groups in total. The molecule has 0 amide bonds. The highest BCUT2D eigenvalue weighted by molar-refractivity contribution is 6.33. The Morgan fingerprint density at radius 3 is 2.65 bits per heavy atom. The van der Waals surface area contributed by atoms with Crippen molar-refractivity contribution in [2.75, 3.05) is 43.9 Å². The van der Waals surface area contributed by atoms with E-state index in [1.807, 2.05) is 25.3 Å². The fraction of sp³-hybridized carbons (Fsp3) is 0.379. The minimum absolute atomic E-state index is 0.571. The number of nitrogens with one attached hydrogen (secondary N) is 1. The van der Waals surface area contributed by atoms with E-state index in [9.17, 15) is 0 Å². The Labute approximate surface area is 214 Å². The summed E-state index contributed by atoms with van der Waals surface area (Å²) in [5, 5.41) is 4.94. The normalized spacial score (nSPS) is 23.2. The Hall–Kier alpha value is -2.20. The average molecular weight is 497 g/mol. The number of likely N-dealkylation sites (tertiary alicyclic amines) is 1. The molecule has 0 aromatic heterocycles. The summed E-state index contributed by atoms with van der Waals surface area (Å²) in [6.07, 6.45) is 19.8. The second kappa shape index (κ2) is 12.0. The van der Waals surface area contributed by atoms with Gasteiger partial charge in [0, 0.05) is 56.3 Å². The molecular weight excluding hydrogens is 461 g/mol. The van der Waals surface area contributed by atoms with Crippen molar-refractivity contribution in [1.82, 2.24) is 4.90 Å². The largest absolute Gasteiger partial charge is 0.386 e. The van der Waals surface area contributed by atoms with Crippen molar-refractivity contribution in [2.24, 2.45) is 0 Å². The molecule has 0 unspecified atom stereocenters. The first-order valence-electron chi connectivity index (χ1n) is 12.2. The van der Waals surface area contributed by atoms with Crippen LogP contribution in [0, 0.1) is 0 Å². The molecule has 5 heteroatoms. The molecule has 0 spiro atoms. The molecule has 1 fully saturated rings. The third-order valence-electron chi connectivity index (χ3n) is 7.05. The Balaban J connectivity index is 1.36. The van der Waals surface area contributed by atoms with Gasteiger partial charge in [0.05, 0.1) is 11.4 Å². The van der Waals surface area contributed by atoms with E-state index in [0.717, 1.165) is 48.1 Å². The Morgan fingerprint density at radius 1 is 1.06 bits per heavy atom. The van der Waals surface area contributed by atoms with Crippen molar-refractivity contribution in [2.45, 2.75) is 38.1 Å². The van der Waals surface area contributed by atoms with Gasteiger partial charge in [0.2, 0.25) is 0 Å². The summed E-state index contributed by atoms with van der Waals surface area (Å²) in [7, 11) is 4.23. The molecule has 3 aliphatic rings. The molecule has 180 valence electrons. The van der Waals surface area contributed by atoms with Gasteiger partial charge < -0.3 is 10.2 Å². The van der Waals surface area contributed by atoms with E-state index in [-0.39, 0.29) is 0 Å². The highest BCUT2D eigenvalue weighted by Crippen LogP contribution is 2.33. The van der Waals surface area contributed by atoms with Crippen LogP contribution in [0.3, 0.4) is 0 Å². The minimum Gasteiger partial charge on any atom is -0.386 e. The maximum absolute atomic E-state index is 6.57. The van der Waals surface area contributed by atoms with Gasteiger partial charge in [-0.05, 0) is 61.1 Å². The molecule has 0 radical (unpaired) electrons. The summed E-state index contributed by atoms with van der Waals surface area (Å²) in [6.45, 7) is 3.29. The fourth-order valence-corrected chi connectivity index (χ4v) is 5.49. The van der Waals surface area contributed by atoms with Crippen LogP contribution in [0.25, 0.3) is 0 Å². The van der Waals surface area contributed by atoms with Crippen molar-refractivity contribution < 1.29 is 0 Å². The summed E-state index contributed by atoms with van der Waals surface area (Å²) in [4.78, 5) is 5.06. The number of hydrogen-bond acceptors (Lipinski definition) is 3. The van der Waals surface area contributed by atoms with Crippen molar-refractivity contribution in [3.8, 4) is 0 Å². The lowest BCUT2D eigenvalue weighted by molar-refractivity contribution is 0.225. The third kappa shape index (κ3) is 6.27. The first-order chi connectivity index (χ1) is 16.5. The van der Waals surface area contributed by atoms with Crippen LogP contribution in [-0.4, -0.2) is 44.7 Å². The zero-order valence-corrected chi connectivity index (χ0v) is 21.7. The zero-order valence-electron chi connectivity index (χ0n) is 20.2. The SMILES string of the molecule is CNc1ccccc1N(C)C1CCN(C/C2=C/C/C(C3=C(Cl)C=CC=C(Cl)C3)=C\C=CC2)CC1. The van der Waals surface area contributed by atoms with E-state index in [1.54, 1.807) is 0 Å². The topological polar surface area (TPSA) is 18.5 Å². The van der Waals surface area contributed by atoms with E-state index >= 15 is 0 Å². The van der Waals surface area contributed by atoms with E-state index in [4.69, 9.17) is 23.2 Å². The van der Waals surface area contributed by atoms with E-state index in [1.165, 1.54) is 35.4 Å². The van der Waals surface area contributed by atoms with Gasteiger partial charge in [-0.25, -0.2) is 0 Å². The van der Waals surface area contributed by atoms with Crippen LogP contribution in [0.5, 0.6) is 0 Å². The number of nitrogens with zero attached hydrogens (tertiary/aromatic N) is 2. The highest BCUT2D eigenvalue weighted by atomic mass is 35.5. The number of benzene rings is 1. The van der Waals surface area contributed by atoms with E-state index < -0.39 is 0 Å². The highest BCUT2D eigenvalue weighted by Gasteiger charge is 2.24. The number of anilines is 2. The van der Waals surface area contributed by atoms with Crippen LogP contribution in [0.4, 0.5) is 11.4 Å². The lowest BCUT2D eigenvalue weighted by Gasteiger charge is -2.38. The summed E-state index contributed by atoms with van der Waals surface area (Å²) in [5.41, 5.74) is 6.34. The average Bonchev–Trinajstić information content (AvgIpc) is 3.01. The Morgan fingerprint density at radius 2 is 1.85 bits per heavy atom. The van der Waals surface area contributed by atoms with Gasteiger partial charge in [-0.15, -0.1) is 0 Å². The van der Waals surface area contributed by atoms with Crippen LogP contribution >= 0.6 is 23.2 Å². The lowest BCUT2D eigenvalue weighted by atomic mass is 9.95. The van der Waals surface area contributed by atoms with Gasteiger partial charge in [-0.2, -0.15) is 0 Å². The van der Waals surface area contributed by atoms with Crippen molar-refractivity contribution in [3.05, 3.63) is 93.6 Å². The van der Waals surface area contributed by atoms with Crippen molar-refractivity contribution in [1.29, 1.82) is 0 Å². The molecule has 1 heterocycles. The number of piperidine rings is 1. The number of allylic oxidation sites excluding steroid dienone is 11. The second-order valence-corrected chi connectivity index (χ2v) is 10.1. The summed E-state index contributed by atoms with van der Waals surface area (Å²) in [5.74, 6) is 0. The van der Waals surface area contributed by atoms with Crippen LogP contribution in [0.15, 0.2) is 93.6 Å². The second-order valence-electron chi connectivity index (χ2n) is 9.25. The molecular formula is C29H35Cl2N3. The number of para-hydroxylation sites is 2. The van der Waals surface area contributed by atoms with Gasteiger partial charge in [-0.1, -0.05) is 71.3 Å². The van der Waals surface area contributed by atoms with Gasteiger partial charge in [0.1, 0.15) is 0 Å². The molecule has 0 saturated carbocycles. The molecule has 1 aromatic carbocycles. The quantitative estimate of drug-likeness (QED) is 0.414. The van der Waals surface area contributed by atoms with E-state index in [0.29, 0.717) is 12.5 Å². The summed E-state index contributed by atoms with van der Waals surface area (Å²) >= 11 is 12.9. The van der Waals surface area contributed by atoms with Crippen LogP contribution in [0.2, 0.25) is 0 Å². The Bertz CT molecular complexity index is 1050. The molecule has 3 nitrogen and oxygen atoms in total. The Kier molecular flexibility index (Phi) is 8.77. The third-order valence-corrected chi connectivity index (χ3v) is 7.66. The maximum Gasteiger partial charge on any atom is 0.0601 e. The van der Waals surface area contributed by atoms with Crippen molar-refractivity contribution >= 4 is 34.6 Å². The monoisotopic (exact) mass is 495 g/mol. The van der Waals surface area contributed by atoms with Gasteiger partial charge in [-0.3, -0.25) is 4.90 Å². The summed E-state index contributed by atoms with van der Waals surface area (Å²) < 4.78 is 0. The molecule has 2 aliphatic carbocycles. The maximum atomic E-state index is 6.57. The molecule has 0 bridgehead atoms. The predicted octanol–water partition coefficient (Wildman–Crippen LogP) is 7.41. The number of halogens is 2. The molecule has 34 heavy (non-hydrogen) atoms. The van der Waals surface area contributed by atoms with Gasteiger partial charge in [0.15, 0.2) is 0 Å². The van der Waals surface area contributed by atoms with Gasteiger partial charge >= 0.3 is 0 Å². The lowest BCUT2D eigenvalue weighted by Crippen LogP contribution is -2.44. The minimum atomic E-state index is 0.571. The zero-order chi connectivity index (χ0) is 23.9. The number of hydrogen-bond donors (Lipinski definition) is 1. The summed E-state index contributed by atoms with van der Waals surface area (Å²) in [6, 6.07) is 9.14. The van der Waals surface area contributed by atoms with Crippen molar-refractivity contribution in [3.63, 3.8) is 0 Å².